The molecule has 2 atom stereocenters. The van der Waals surface area contributed by atoms with Crippen LogP contribution in [0.2, 0.25) is 0 Å². The van der Waals surface area contributed by atoms with Crippen molar-refractivity contribution in [3.63, 3.8) is 0 Å². The average molecular weight is 374 g/mol. The van der Waals surface area contributed by atoms with E-state index < -0.39 is 15.9 Å². The van der Waals surface area contributed by atoms with Crippen LogP contribution in [-0.2, 0) is 31.9 Å². The molecule has 25 heavy (non-hydrogen) atoms. The number of hydrogen-bond acceptors (Lipinski definition) is 6. The van der Waals surface area contributed by atoms with Gasteiger partial charge >= 0.3 is 0 Å². The molecule has 8 nitrogen and oxygen atoms in total. The predicted octanol–water partition coefficient (Wildman–Crippen LogP) is 0.787. The predicted molar refractivity (Wildman–Crippen MR) is 85.7 cm³/mol. The van der Waals surface area contributed by atoms with Crippen LogP contribution in [-0.4, -0.2) is 53.2 Å². The lowest BCUT2D eigenvalue weighted by Gasteiger charge is -2.28. The minimum atomic E-state index is -3.67. The first-order valence-electron chi connectivity index (χ1n) is 7.29. The summed E-state index contributed by atoms with van der Waals surface area (Å²) in [5.74, 6) is -1.34. The molecule has 0 spiro atoms. The van der Waals surface area contributed by atoms with E-state index in [0.717, 1.165) is 0 Å². The summed E-state index contributed by atoms with van der Waals surface area (Å²) in [6.45, 7) is 0.560. The normalized spacial score (nSPS) is 23.1. The number of benzene rings is 1. The zero-order chi connectivity index (χ0) is 18.5. The highest BCUT2D eigenvalue weighted by atomic mass is 32.2. The van der Waals surface area contributed by atoms with Crippen LogP contribution in [0.3, 0.4) is 0 Å². The summed E-state index contributed by atoms with van der Waals surface area (Å²) in [5, 5.41) is 9.23. The van der Waals surface area contributed by atoms with Crippen LogP contribution in [0.25, 0.3) is 0 Å². The smallest absolute Gasteiger partial charge is 0.261 e. The van der Waals surface area contributed by atoms with Gasteiger partial charge < -0.3 is 19.1 Å². The van der Waals surface area contributed by atoms with Crippen LogP contribution < -0.4 is 0 Å². The van der Waals surface area contributed by atoms with E-state index >= 15 is 0 Å². The Hall–Kier alpha value is -1.85. The Labute approximate surface area is 144 Å². The molecule has 2 heterocycles. The van der Waals surface area contributed by atoms with Gasteiger partial charge in [-0.15, -0.1) is 0 Å². The van der Waals surface area contributed by atoms with E-state index in [1.807, 2.05) is 4.57 Å². The monoisotopic (exact) mass is 374 g/mol. The second-order valence-corrected chi connectivity index (χ2v) is 6.93. The minimum absolute atomic E-state index is 0.118. The Morgan fingerprint density at radius 3 is 2.52 bits per heavy atom. The molecule has 0 unspecified atom stereocenters. The third-order valence-electron chi connectivity index (χ3n) is 3.30. The van der Waals surface area contributed by atoms with Crippen molar-refractivity contribution in [2.24, 2.45) is 0 Å². The van der Waals surface area contributed by atoms with Crippen molar-refractivity contribution in [1.29, 1.82) is 0 Å². The average Bonchev–Trinajstić information content (AvgIpc) is 3.17. The van der Waals surface area contributed by atoms with Gasteiger partial charge in [-0.1, -0.05) is 12.1 Å². The third kappa shape index (κ3) is 5.87. The van der Waals surface area contributed by atoms with Gasteiger partial charge in [0.05, 0.1) is 32.3 Å². The highest BCUT2D eigenvalue weighted by molar-refractivity contribution is 7.85. The number of halogens is 1. The van der Waals surface area contributed by atoms with Crippen LogP contribution in [0.4, 0.5) is 4.39 Å². The maximum absolute atomic E-state index is 13.1. The molecule has 10 heteroatoms. The molecule has 1 fully saturated rings. The van der Waals surface area contributed by atoms with Crippen LogP contribution in [0.1, 0.15) is 5.56 Å². The van der Waals surface area contributed by atoms with E-state index in [9.17, 15) is 17.9 Å². The summed E-state index contributed by atoms with van der Waals surface area (Å²) in [5.41, 5.74) is 0.712. The number of rotatable bonds is 4. The van der Waals surface area contributed by atoms with Gasteiger partial charge in [-0.3, -0.25) is 4.55 Å². The quantitative estimate of drug-likeness (QED) is 0.761. The molecule has 0 aliphatic carbocycles. The summed E-state index contributed by atoms with van der Waals surface area (Å²) in [6.07, 6.45) is 5.45. The molecular formula is C15H19FN2O6S. The SMILES string of the molecule is CS(=O)(=O)O.OC[C@@H]1CO[C@@](Cn2ccnc2)(c2ccc(F)cc2)O1. The number of imidazole rings is 1. The summed E-state index contributed by atoms with van der Waals surface area (Å²) >= 11 is 0. The van der Waals surface area contributed by atoms with Gasteiger partial charge in [0, 0.05) is 18.0 Å². The van der Waals surface area contributed by atoms with Crippen molar-refractivity contribution in [1.82, 2.24) is 9.55 Å². The molecular weight excluding hydrogens is 355 g/mol. The van der Waals surface area contributed by atoms with Crippen LogP contribution in [0, 0.1) is 5.82 Å². The Morgan fingerprint density at radius 1 is 1.40 bits per heavy atom. The maximum atomic E-state index is 13.1. The Morgan fingerprint density at radius 2 is 2.04 bits per heavy atom. The number of nitrogens with zero attached hydrogens (tertiary/aromatic N) is 2. The summed E-state index contributed by atoms with van der Waals surface area (Å²) in [7, 11) is -3.67. The lowest BCUT2D eigenvalue weighted by atomic mass is 10.1. The number of ether oxygens (including phenoxy) is 2. The maximum Gasteiger partial charge on any atom is 0.261 e. The molecule has 0 radical (unpaired) electrons. The molecule has 0 amide bonds. The molecule has 1 aromatic heterocycles. The van der Waals surface area contributed by atoms with Crippen molar-refractivity contribution in [3.8, 4) is 0 Å². The van der Waals surface area contributed by atoms with E-state index in [1.54, 1.807) is 30.9 Å². The second kappa shape index (κ2) is 8.02. The highest BCUT2D eigenvalue weighted by Gasteiger charge is 2.43. The third-order valence-corrected chi connectivity index (χ3v) is 3.30. The van der Waals surface area contributed by atoms with Gasteiger partial charge in [0.15, 0.2) is 0 Å². The first kappa shape index (κ1) is 19.5. The molecule has 0 bridgehead atoms. The van der Waals surface area contributed by atoms with E-state index in [2.05, 4.69) is 4.98 Å². The molecule has 0 saturated carbocycles. The van der Waals surface area contributed by atoms with Crippen molar-refractivity contribution in [2.45, 2.75) is 18.4 Å². The molecule has 3 rings (SSSR count). The van der Waals surface area contributed by atoms with Gasteiger partial charge in [-0.2, -0.15) is 8.42 Å². The van der Waals surface area contributed by atoms with Crippen molar-refractivity contribution < 1.29 is 31.9 Å². The summed E-state index contributed by atoms with van der Waals surface area (Å²) in [4.78, 5) is 3.98. The lowest BCUT2D eigenvalue weighted by molar-refractivity contribution is -0.190. The van der Waals surface area contributed by atoms with E-state index in [4.69, 9.17) is 14.0 Å². The van der Waals surface area contributed by atoms with Crippen molar-refractivity contribution in [3.05, 3.63) is 54.4 Å². The number of aliphatic hydroxyl groups excluding tert-OH is 1. The first-order chi connectivity index (χ1) is 11.7. The summed E-state index contributed by atoms with van der Waals surface area (Å²) < 4.78 is 52.4. The van der Waals surface area contributed by atoms with Gasteiger partial charge in [-0.05, 0) is 12.1 Å². The van der Waals surface area contributed by atoms with Gasteiger partial charge in [-0.25, -0.2) is 9.37 Å². The van der Waals surface area contributed by atoms with E-state index in [1.165, 1.54) is 12.1 Å². The van der Waals surface area contributed by atoms with Crippen LogP contribution in [0.15, 0.2) is 43.0 Å². The molecule has 2 aromatic rings. The lowest BCUT2D eigenvalue weighted by Crippen LogP contribution is -2.33. The fourth-order valence-electron chi connectivity index (χ4n) is 2.30. The minimum Gasteiger partial charge on any atom is -0.394 e. The number of aromatic nitrogens is 2. The van der Waals surface area contributed by atoms with Crippen molar-refractivity contribution in [2.75, 3.05) is 19.5 Å². The Kier molecular flexibility index (Phi) is 6.25. The standard InChI is InChI=1S/C14H15FN2O3.CH4O3S/c15-12-3-1-11(2-4-12)14(9-17-6-5-16-10-17)19-8-13(7-18)20-14;1-5(2,3)4/h1-6,10,13,18H,7-9H2;1H3,(H,2,3,4)/t13-,14-;/m1./s1. The molecule has 1 aliphatic rings. The molecule has 1 aromatic carbocycles. The fourth-order valence-corrected chi connectivity index (χ4v) is 2.30. The Balaban J connectivity index is 0.000000399. The second-order valence-electron chi connectivity index (χ2n) is 5.46. The number of aliphatic hydroxyl groups is 1. The zero-order valence-corrected chi connectivity index (χ0v) is 14.3. The van der Waals surface area contributed by atoms with E-state index in [0.29, 0.717) is 25.0 Å². The van der Waals surface area contributed by atoms with Gasteiger partial charge in [0.2, 0.25) is 5.79 Å². The molecule has 138 valence electrons. The summed E-state index contributed by atoms with van der Waals surface area (Å²) in [6, 6.07) is 5.99. The van der Waals surface area contributed by atoms with Crippen LogP contribution >= 0.6 is 0 Å². The number of hydrogen-bond donors (Lipinski definition) is 2. The Bertz CT molecular complexity index is 758. The van der Waals surface area contributed by atoms with Crippen molar-refractivity contribution >= 4 is 10.1 Å². The fraction of sp³-hybridized carbons (Fsp3) is 0.400. The zero-order valence-electron chi connectivity index (χ0n) is 13.4. The first-order valence-corrected chi connectivity index (χ1v) is 9.13. The van der Waals surface area contributed by atoms with Crippen LogP contribution in [0.5, 0.6) is 0 Å². The highest BCUT2D eigenvalue weighted by Crippen LogP contribution is 2.36. The molecule has 1 aliphatic heterocycles. The molecule has 2 N–H and O–H groups in total. The van der Waals surface area contributed by atoms with Gasteiger partial charge in [0.1, 0.15) is 11.9 Å². The molecule has 1 saturated heterocycles. The van der Waals surface area contributed by atoms with E-state index in [-0.39, 0.29) is 18.5 Å². The van der Waals surface area contributed by atoms with Gasteiger partial charge in [0.25, 0.3) is 10.1 Å². The topological polar surface area (TPSA) is 111 Å². The largest absolute Gasteiger partial charge is 0.394 e.